The van der Waals surface area contributed by atoms with Crippen molar-refractivity contribution in [1.82, 2.24) is 18.8 Å². The first kappa shape index (κ1) is 35.0. The molecule has 266 valence electrons. The van der Waals surface area contributed by atoms with Gasteiger partial charge in [0.1, 0.15) is 40.1 Å². The summed E-state index contributed by atoms with van der Waals surface area (Å²) in [5.41, 5.74) is 10.7. The summed E-state index contributed by atoms with van der Waals surface area (Å²) in [6.45, 7) is 6.24. The van der Waals surface area contributed by atoms with E-state index < -0.39 is 0 Å². The fraction of sp³-hybridized carbons (Fsp3) is 0.116. The number of pyridine rings is 2. The summed E-state index contributed by atoms with van der Waals surface area (Å²) in [6.07, 6.45) is 1.83. The summed E-state index contributed by atoms with van der Waals surface area (Å²) in [5.74, 6) is 3.07. The normalized spacial score (nSPS) is 10.9. The molecular weight excluding hydrogens is 684 g/mol. The van der Waals surface area contributed by atoms with Crippen LogP contribution < -0.4 is 20.1 Å². The number of nitrogens with zero attached hydrogens (tertiary/aromatic N) is 4. The molecule has 8 rings (SSSR count). The van der Waals surface area contributed by atoms with E-state index >= 15 is 0 Å². The standard InChI is InChI=1S/C22H21N3O.C21H18ClN3O2/c1-15-7-4-5-9-19(15)23-22-21(17-11-13-18(26-3)14-12-17)24-20-10-6-8-16(2)25(20)22;1-13-5-3-4-6-16(13)23-21-20(14-7-9-17(26)18(11-14)27-2)24-19-10-8-15(22)12-25(19)21/h4-14,23H,1-3H3;3-12,23,26H,1-2H3. The maximum absolute atomic E-state index is 9.92. The monoisotopic (exact) mass is 722 g/mol. The number of imidazole rings is 2. The predicted octanol–water partition coefficient (Wildman–Crippen LogP) is 10.8. The largest absolute Gasteiger partial charge is 0.504 e. The number of anilines is 4. The van der Waals surface area contributed by atoms with Crippen LogP contribution in [0.4, 0.5) is 23.0 Å². The minimum absolute atomic E-state index is 0.0847. The van der Waals surface area contributed by atoms with E-state index in [2.05, 4.69) is 47.1 Å². The van der Waals surface area contributed by atoms with Crippen LogP contribution in [0.3, 0.4) is 0 Å². The molecule has 0 spiro atoms. The van der Waals surface area contributed by atoms with Crippen molar-refractivity contribution in [3.63, 3.8) is 0 Å². The minimum atomic E-state index is 0.0847. The number of phenolic OH excluding ortho intramolecular Hbond substituents is 1. The lowest BCUT2D eigenvalue weighted by atomic mass is 10.1. The van der Waals surface area contributed by atoms with Gasteiger partial charge in [-0.15, -0.1) is 0 Å². The number of para-hydroxylation sites is 2. The maximum atomic E-state index is 9.92. The van der Waals surface area contributed by atoms with Gasteiger partial charge in [-0.1, -0.05) is 54.1 Å². The van der Waals surface area contributed by atoms with Gasteiger partial charge in [0.05, 0.1) is 19.2 Å². The van der Waals surface area contributed by atoms with Gasteiger partial charge in [-0.3, -0.25) is 8.80 Å². The second kappa shape index (κ2) is 15.0. The number of aryl methyl sites for hydroxylation is 3. The van der Waals surface area contributed by atoms with Crippen molar-refractivity contribution in [2.75, 3.05) is 24.9 Å². The number of aromatic nitrogens is 4. The Hall–Kier alpha value is -6.45. The fourth-order valence-corrected chi connectivity index (χ4v) is 6.33. The average Bonchev–Trinajstić information content (AvgIpc) is 3.72. The van der Waals surface area contributed by atoms with Crippen molar-refractivity contribution in [3.05, 3.63) is 149 Å². The number of ether oxygens (including phenoxy) is 2. The Bertz CT molecular complexity index is 2560. The molecule has 0 fully saturated rings. The van der Waals surface area contributed by atoms with E-state index in [1.165, 1.54) is 12.7 Å². The van der Waals surface area contributed by atoms with Crippen molar-refractivity contribution in [2.45, 2.75) is 20.8 Å². The van der Waals surface area contributed by atoms with Gasteiger partial charge in [-0.25, -0.2) is 9.97 Å². The van der Waals surface area contributed by atoms with Crippen LogP contribution in [0, 0.1) is 20.8 Å². The predicted molar refractivity (Wildman–Crippen MR) is 215 cm³/mol. The second-order valence-electron chi connectivity index (χ2n) is 12.5. The van der Waals surface area contributed by atoms with Crippen molar-refractivity contribution in [3.8, 4) is 39.8 Å². The number of halogens is 1. The van der Waals surface area contributed by atoms with E-state index in [-0.39, 0.29) is 5.75 Å². The lowest BCUT2D eigenvalue weighted by molar-refractivity contribution is 0.373. The first-order valence-electron chi connectivity index (χ1n) is 17.1. The molecule has 3 N–H and O–H groups in total. The van der Waals surface area contributed by atoms with E-state index in [1.807, 2.05) is 109 Å². The van der Waals surface area contributed by atoms with Crippen molar-refractivity contribution >= 4 is 45.9 Å². The lowest BCUT2D eigenvalue weighted by Crippen LogP contribution is -2.00. The van der Waals surface area contributed by atoms with Gasteiger partial charge < -0.3 is 25.2 Å². The van der Waals surface area contributed by atoms with Gasteiger partial charge in [0.25, 0.3) is 0 Å². The third-order valence-electron chi connectivity index (χ3n) is 9.03. The highest BCUT2D eigenvalue weighted by Crippen LogP contribution is 2.37. The van der Waals surface area contributed by atoms with Gasteiger partial charge >= 0.3 is 0 Å². The summed E-state index contributed by atoms with van der Waals surface area (Å²) >= 11 is 6.22. The average molecular weight is 723 g/mol. The van der Waals surface area contributed by atoms with E-state index in [9.17, 15) is 5.11 Å². The zero-order chi connectivity index (χ0) is 37.1. The Kier molecular flexibility index (Phi) is 9.92. The number of aromatic hydroxyl groups is 1. The van der Waals surface area contributed by atoms with Crippen LogP contribution in [0.2, 0.25) is 5.02 Å². The molecule has 4 aromatic carbocycles. The molecular formula is C43H39ClN6O3. The molecule has 10 heteroatoms. The minimum Gasteiger partial charge on any atom is -0.504 e. The molecule has 8 aromatic rings. The summed E-state index contributed by atoms with van der Waals surface area (Å²) in [4.78, 5) is 9.64. The molecule has 0 atom stereocenters. The summed E-state index contributed by atoms with van der Waals surface area (Å²) < 4.78 is 14.6. The highest BCUT2D eigenvalue weighted by Gasteiger charge is 2.18. The van der Waals surface area contributed by atoms with E-state index in [4.69, 9.17) is 31.0 Å². The number of hydrogen-bond donors (Lipinski definition) is 3. The molecule has 4 heterocycles. The summed E-state index contributed by atoms with van der Waals surface area (Å²) in [7, 11) is 3.20. The first-order valence-corrected chi connectivity index (χ1v) is 17.4. The molecule has 0 bridgehead atoms. The molecule has 0 amide bonds. The fourth-order valence-electron chi connectivity index (χ4n) is 6.17. The Balaban J connectivity index is 0.000000164. The molecule has 0 aliphatic rings. The SMILES string of the molecule is COc1cc(-c2nc3ccc(Cl)cn3c2Nc2ccccc2C)ccc1O.COc1ccc(-c2nc3cccc(C)n3c2Nc2ccccc2C)cc1. The molecule has 53 heavy (non-hydrogen) atoms. The zero-order valence-electron chi connectivity index (χ0n) is 30.1. The van der Waals surface area contributed by atoms with Gasteiger partial charge in [0, 0.05) is 34.4 Å². The van der Waals surface area contributed by atoms with E-state index in [0.717, 1.165) is 73.8 Å². The Labute approximate surface area is 313 Å². The van der Waals surface area contributed by atoms with E-state index in [1.54, 1.807) is 19.2 Å². The van der Waals surface area contributed by atoms with Crippen LogP contribution >= 0.6 is 11.6 Å². The quantitative estimate of drug-likeness (QED) is 0.144. The van der Waals surface area contributed by atoms with Crippen LogP contribution in [-0.2, 0) is 0 Å². The first-order chi connectivity index (χ1) is 25.7. The van der Waals surface area contributed by atoms with Crippen LogP contribution in [0.1, 0.15) is 16.8 Å². The number of hydrogen-bond acceptors (Lipinski definition) is 7. The van der Waals surface area contributed by atoms with Crippen LogP contribution in [0.25, 0.3) is 33.8 Å². The molecule has 0 unspecified atom stereocenters. The maximum Gasteiger partial charge on any atom is 0.161 e. The van der Waals surface area contributed by atoms with E-state index in [0.29, 0.717) is 10.8 Å². The molecule has 4 aromatic heterocycles. The molecule has 0 aliphatic heterocycles. The highest BCUT2D eigenvalue weighted by atomic mass is 35.5. The van der Waals surface area contributed by atoms with Gasteiger partial charge in [0.2, 0.25) is 0 Å². The van der Waals surface area contributed by atoms with Crippen LogP contribution in [0.15, 0.2) is 128 Å². The van der Waals surface area contributed by atoms with Crippen molar-refractivity contribution in [1.29, 1.82) is 0 Å². The topological polar surface area (TPSA) is 97.4 Å². The number of nitrogens with one attached hydrogen (secondary N) is 2. The number of rotatable bonds is 8. The smallest absolute Gasteiger partial charge is 0.161 e. The summed E-state index contributed by atoms with van der Waals surface area (Å²) in [6, 6.07) is 39.3. The lowest BCUT2D eigenvalue weighted by Gasteiger charge is -2.12. The number of benzene rings is 4. The molecule has 0 saturated heterocycles. The zero-order valence-corrected chi connectivity index (χ0v) is 30.8. The van der Waals surface area contributed by atoms with Crippen molar-refractivity contribution in [2.24, 2.45) is 0 Å². The second-order valence-corrected chi connectivity index (χ2v) is 13.0. The summed E-state index contributed by atoms with van der Waals surface area (Å²) in [5, 5.41) is 17.6. The number of methoxy groups -OCH3 is 2. The Morgan fingerprint density at radius 1 is 0.623 bits per heavy atom. The number of fused-ring (bicyclic) bond motifs is 2. The van der Waals surface area contributed by atoms with Crippen molar-refractivity contribution < 1.29 is 14.6 Å². The highest BCUT2D eigenvalue weighted by molar-refractivity contribution is 6.30. The molecule has 0 radical (unpaired) electrons. The third kappa shape index (κ3) is 7.20. The number of phenols is 1. The van der Waals surface area contributed by atoms with Gasteiger partial charge in [-0.2, -0.15) is 0 Å². The van der Waals surface area contributed by atoms with Gasteiger partial charge in [0.15, 0.2) is 11.5 Å². The van der Waals surface area contributed by atoms with Crippen LogP contribution in [-0.4, -0.2) is 38.1 Å². The van der Waals surface area contributed by atoms with Crippen LogP contribution in [0.5, 0.6) is 17.2 Å². The molecule has 9 nitrogen and oxygen atoms in total. The third-order valence-corrected chi connectivity index (χ3v) is 9.26. The Morgan fingerprint density at radius 2 is 1.25 bits per heavy atom. The molecule has 0 aliphatic carbocycles. The molecule has 0 saturated carbocycles. The van der Waals surface area contributed by atoms with Gasteiger partial charge in [-0.05, 0) is 111 Å². The Morgan fingerprint density at radius 3 is 1.91 bits per heavy atom.